The number of benzene rings is 2. The van der Waals surface area contributed by atoms with Crippen molar-refractivity contribution in [2.45, 2.75) is 129 Å². The van der Waals surface area contributed by atoms with Gasteiger partial charge in [-0.1, -0.05) is 47.7 Å². The molecule has 4 rings (SSSR count). The van der Waals surface area contributed by atoms with Crippen LogP contribution in [0.4, 0.5) is 5.69 Å². The number of Topliss-reactive ketones (excluding diaryl/α,β-unsaturated/α-hetero) is 1. The van der Waals surface area contributed by atoms with Gasteiger partial charge in [-0.2, -0.15) is 0 Å². The van der Waals surface area contributed by atoms with Crippen LogP contribution >= 0.6 is 0 Å². The second-order valence-corrected chi connectivity index (χ2v) is 16.4. The molecule has 0 radical (unpaired) electrons. The van der Waals surface area contributed by atoms with Crippen molar-refractivity contribution < 1.29 is 33.4 Å². The Morgan fingerprint density at radius 1 is 0.814 bits per heavy atom. The Morgan fingerprint density at radius 3 is 2.24 bits per heavy atom. The van der Waals surface area contributed by atoms with Gasteiger partial charge in [0.25, 0.3) is 0 Å². The number of carbonyl (C=O) groups is 5. The first-order valence-electron chi connectivity index (χ1n) is 20.8. The van der Waals surface area contributed by atoms with Crippen molar-refractivity contribution in [1.29, 1.82) is 0 Å². The lowest BCUT2D eigenvalue weighted by atomic mass is 9.95. The number of carbonyl (C=O) groups excluding carboxylic acids is 5. The van der Waals surface area contributed by atoms with Crippen LogP contribution in [-0.2, 0) is 46.5 Å². The first kappa shape index (κ1) is 46.7. The summed E-state index contributed by atoms with van der Waals surface area (Å²) in [4.78, 5) is 65.2. The molecule has 0 bridgehead atoms. The van der Waals surface area contributed by atoms with Crippen molar-refractivity contribution >= 4 is 35.1 Å². The normalized spacial score (nSPS) is 13.0. The quantitative estimate of drug-likeness (QED) is 0.0858. The number of unbranched alkanes of at least 4 members (excludes halogenated alkanes) is 1. The second kappa shape index (κ2) is 22.4. The number of likely N-dealkylation sites (N-methyl/N-ethyl adjacent to an activating group) is 1. The Balaban J connectivity index is 1.24. The SMILES string of the molecule is CNCCOC(C)(C)CCOC(C)(C)CCC(=O)N[C@@H](CCCCNC(=O)CCC(=O)N1Cc2ccccc2-c2nnn(CCCC(C)=O)c2-c2ccccc21)C(N)=O. The average Bonchev–Trinajstić information content (AvgIpc) is 3.59. The van der Waals surface area contributed by atoms with Crippen molar-refractivity contribution in [2.24, 2.45) is 5.73 Å². The molecule has 59 heavy (non-hydrogen) atoms. The first-order valence-corrected chi connectivity index (χ1v) is 20.8. The number of nitrogens with zero attached hydrogens (tertiary/aromatic N) is 4. The molecule has 1 aliphatic heterocycles. The summed E-state index contributed by atoms with van der Waals surface area (Å²) < 4.78 is 13.8. The molecule has 2 aromatic carbocycles. The van der Waals surface area contributed by atoms with Gasteiger partial charge in [0.15, 0.2) is 0 Å². The lowest BCUT2D eigenvalue weighted by Gasteiger charge is -2.30. The molecule has 322 valence electrons. The topological polar surface area (TPSA) is 200 Å². The summed E-state index contributed by atoms with van der Waals surface area (Å²) in [5.41, 5.74) is 9.50. The van der Waals surface area contributed by atoms with E-state index in [4.69, 9.17) is 15.2 Å². The van der Waals surface area contributed by atoms with Crippen LogP contribution in [-0.4, -0.2) is 95.0 Å². The van der Waals surface area contributed by atoms with E-state index in [1.54, 1.807) is 16.5 Å². The molecule has 5 N–H and O–H groups in total. The fraction of sp³-hybridized carbons (Fsp3) is 0.568. The highest BCUT2D eigenvalue weighted by Gasteiger charge is 2.30. The third-order valence-electron chi connectivity index (χ3n) is 10.5. The number of primary amides is 1. The summed E-state index contributed by atoms with van der Waals surface area (Å²) >= 11 is 0. The number of fused-ring (bicyclic) bond motifs is 5. The van der Waals surface area contributed by atoms with Gasteiger partial charge >= 0.3 is 0 Å². The Labute approximate surface area is 348 Å². The minimum Gasteiger partial charge on any atom is -0.375 e. The summed E-state index contributed by atoms with van der Waals surface area (Å²) in [6.07, 6.45) is 3.80. The number of anilines is 1. The smallest absolute Gasteiger partial charge is 0.239 e. The van der Waals surface area contributed by atoms with E-state index in [-0.39, 0.29) is 48.4 Å². The molecule has 2 heterocycles. The minimum atomic E-state index is -0.827. The van der Waals surface area contributed by atoms with E-state index in [0.717, 1.165) is 34.6 Å². The highest BCUT2D eigenvalue weighted by molar-refractivity contribution is 6.01. The molecule has 4 amide bonds. The van der Waals surface area contributed by atoms with Gasteiger partial charge < -0.3 is 40.9 Å². The predicted molar refractivity (Wildman–Crippen MR) is 227 cm³/mol. The summed E-state index contributed by atoms with van der Waals surface area (Å²) in [6.45, 7) is 12.5. The molecular weight excluding hydrogens is 753 g/mol. The van der Waals surface area contributed by atoms with Gasteiger partial charge in [-0.15, -0.1) is 5.10 Å². The van der Waals surface area contributed by atoms with Crippen LogP contribution in [0.15, 0.2) is 48.5 Å². The number of rotatable bonds is 25. The number of ether oxygens (including phenoxy) is 2. The Kier molecular flexibility index (Phi) is 17.7. The number of ketones is 1. The third kappa shape index (κ3) is 14.7. The molecule has 0 saturated heterocycles. The molecule has 0 fully saturated rings. The molecule has 1 aromatic heterocycles. The number of nitrogens with two attached hydrogens (primary N) is 1. The van der Waals surface area contributed by atoms with Crippen LogP contribution < -0.4 is 26.6 Å². The standard InChI is InChI=1S/C44H64N8O7/c1-31(53)14-13-27-52-41-34-17-9-10-19-36(34)51(30-32-15-7-8-16-33(32)40(41)49-50-52)39(56)21-20-37(54)47-25-12-11-18-35(42(45)57)48-38(55)22-23-43(2,3)58-28-24-44(4,5)59-29-26-46-6/h7-10,15-17,19,35,46H,11-14,18,20-30H2,1-6H3,(H2,45,57)(H,47,54)(H,48,55)/t35-/m0/s1. The number of para-hydroxylation sites is 1. The van der Waals surface area contributed by atoms with Gasteiger partial charge in [-0.25, -0.2) is 4.68 Å². The molecule has 0 spiro atoms. The molecule has 0 aliphatic carbocycles. The lowest BCUT2D eigenvalue weighted by molar-refractivity contribution is -0.128. The molecule has 1 atom stereocenters. The Morgan fingerprint density at radius 2 is 1.51 bits per heavy atom. The van der Waals surface area contributed by atoms with Crippen molar-refractivity contribution in [2.75, 3.05) is 38.3 Å². The highest BCUT2D eigenvalue weighted by Crippen LogP contribution is 2.41. The first-order chi connectivity index (χ1) is 28.1. The summed E-state index contributed by atoms with van der Waals surface area (Å²) in [7, 11) is 1.88. The largest absolute Gasteiger partial charge is 0.375 e. The predicted octanol–water partition coefficient (Wildman–Crippen LogP) is 4.84. The molecule has 1 aliphatic rings. The van der Waals surface area contributed by atoms with Crippen LogP contribution in [0.1, 0.15) is 104 Å². The fourth-order valence-corrected chi connectivity index (χ4v) is 6.93. The van der Waals surface area contributed by atoms with E-state index in [2.05, 4.69) is 26.3 Å². The highest BCUT2D eigenvalue weighted by atomic mass is 16.5. The number of aromatic nitrogens is 3. The van der Waals surface area contributed by atoms with E-state index < -0.39 is 17.6 Å². The zero-order valence-corrected chi connectivity index (χ0v) is 35.7. The molecule has 15 nitrogen and oxygen atoms in total. The third-order valence-corrected chi connectivity index (χ3v) is 10.5. The van der Waals surface area contributed by atoms with Crippen LogP contribution in [0.2, 0.25) is 0 Å². The van der Waals surface area contributed by atoms with Crippen molar-refractivity contribution in [3.8, 4) is 22.5 Å². The van der Waals surface area contributed by atoms with Crippen LogP contribution in [0.3, 0.4) is 0 Å². The van der Waals surface area contributed by atoms with E-state index >= 15 is 0 Å². The zero-order valence-electron chi connectivity index (χ0n) is 35.7. The molecule has 0 saturated carbocycles. The zero-order chi connectivity index (χ0) is 43.0. The van der Waals surface area contributed by atoms with Crippen molar-refractivity contribution in [1.82, 2.24) is 30.9 Å². The maximum Gasteiger partial charge on any atom is 0.239 e. The van der Waals surface area contributed by atoms with E-state index in [9.17, 15) is 24.0 Å². The maximum absolute atomic E-state index is 13.9. The molecule has 3 aromatic rings. The molecule has 0 unspecified atom stereocenters. The maximum atomic E-state index is 13.9. The summed E-state index contributed by atoms with van der Waals surface area (Å²) in [5, 5.41) is 17.7. The van der Waals surface area contributed by atoms with Crippen molar-refractivity contribution in [3.05, 3.63) is 54.1 Å². The number of hydrogen-bond donors (Lipinski definition) is 4. The van der Waals surface area contributed by atoms with E-state index in [1.165, 1.54) is 0 Å². The minimum absolute atomic E-state index is 0.00280. The summed E-state index contributed by atoms with van der Waals surface area (Å²) in [6, 6.07) is 14.6. The van der Waals surface area contributed by atoms with Gasteiger partial charge in [-0.3, -0.25) is 19.2 Å². The number of hydrogen-bond acceptors (Lipinski definition) is 10. The van der Waals surface area contributed by atoms with Crippen LogP contribution in [0.25, 0.3) is 22.5 Å². The van der Waals surface area contributed by atoms with Gasteiger partial charge in [0.2, 0.25) is 23.6 Å². The fourth-order valence-electron chi connectivity index (χ4n) is 6.93. The lowest BCUT2D eigenvalue weighted by Crippen LogP contribution is -2.45. The van der Waals surface area contributed by atoms with Crippen LogP contribution in [0, 0.1) is 0 Å². The van der Waals surface area contributed by atoms with Crippen LogP contribution in [0.5, 0.6) is 0 Å². The monoisotopic (exact) mass is 816 g/mol. The summed E-state index contributed by atoms with van der Waals surface area (Å²) in [5.74, 6) is -1.25. The second-order valence-electron chi connectivity index (χ2n) is 16.4. The van der Waals surface area contributed by atoms with Crippen molar-refractivity contribution in [3.63, 3.8) is 0 Å². The number of nitrogens with one attached hydrogen (secondary N) is 3. The number of amides is 4. The van der Waals surface area contributed by atoms with E-state index in [0.29, 0.717) is 83.5 Å². The Bertz CT molecular complexity index is 1890. The van der Waals surface area contributed by atoms with E-state index in [1.807, 2.05) is 83.3 Å². The van der Waals surface area contributed by atoms with Gasteiger partial charge in [-0.05, 0) is 91.8 Å². The van der Waals surface area contributed by atoms with Gasteiger partial charge in [0.05, 0.1) is 42.3 Å². The average molecular weight is 817 g/mol. The van der Waals surface area contributed by atoms with Gasteiger partial charge in [0.1, 0.15) is 17.5 Å². The number of aryl methyl sites for hydroxylation is 1. The molecular formula is C44H64N8O7. The Hall–Kier alpha value is -4.99. The molecule has 15 heteroatoms. The van der Waals surface area contributed by atoms with Gasteiger partial charge in [0, 0.05) is 56.4 Å².